The van der Waals surface area contributed by atoms with Crippen LogP contribution in [0.15, 0.2) is 77.9 Å². The van der Waals surface area contributed by atoms with Crippen LogP contribution < -0.4 is 4.74 Å². The molecule has 0 bridgehead atoms. The van der Waals surface area contributed by atoms with Crippen LogP contribution >= 0.6 is 11.8 Å². The molecule has 0 radical (unpaired) electrons. The first-order valence-electron chi connectivity index (χ1n) is 8.70. The van der Waals surface area contributed by atoms with Crippen molar-refractivity contribution in [2.45, 2.75) is 0 Å². The van der Waals surface area contributed by atoms with Crippen molar-refractivity contribution in [3.05, 3.63) is 84.1 Å². The van der Waals surface area contributed by atoms with Gasteiger partial charge in [0, 0.05) is 12.1 Å². The topological polar surface area (TPSA) is 59.0 Å². The number of hydrogen-bond donors (Lipinski definition) is 0. The summed E-state index contributed by atoms with van der Waals surface area (Å²) in [5.74, 6) is 0.651. The Kier molecular flexibility index (Phi) is 6.45. The second kappa shape index (κ2) is 9.19. The zero-order valence-electron chi connectivity index (χ0n) is 15.5. The molecule has 0 spiro atoms. The van der Waals surface area contributed by atoms with E-state index in [0.717, 1.165) is 5.56 Å². The molecule has 6 heteroatoms. The fourth-order valence-corrected chi connectivity index (χ4v) is 3.53. The van der Waals surface area contributed by atoms with Crippen LogP contribution in [0.4, 0.5) is 0 Å². The molecule has 0 atom stereocenters. The number of carbonyl (C=O) groups excluding carboxylic acids is 2. The van der Waals surface area contributed by atoms with Gasteiger partial charge in [0.25, 0.3) is 5.91 Å². The summed E-state index contributed by atoms with van der Waals surface area (Å²) in [5, 5.41) is 0.508. The minimum absolute atomic E-state index is 0.0400. The Morgan fingerprint density at radius 1 is 1.18 bits per heavy atom. The Morgan fingerprint density at radius 2 is 1.89 bits per heavy atom. The maximum absolute atomic E-state index is 12.7. The van der Waals surface area contributed by atoms with Crippen LogP contribution in [0.25, 0.3) is 6.08 Å². The molecule has 0 N–H and O–H groups in total. The molecule has 1 amide bonds. The third-order valence-corrected chi connectivity index (χ3v) is 5.05. The Balaban J connectivity index is 1.74. The molecule has 2 aromatic rings. The minimum atomic E-state index is -0.192. The lowest BCUT2D eigenvalue weighted by Crippen LogP contribution is -2.31. The standard InChI is InChI=1S/C22H20N2O3S/c1-3-13-24-21(26)19(14-16-7-5-4-6-8-16)23-22(24)28-15-20(25)17-9-11-18(27-2)12-10-17/h3-12,14H,1,13,15H2,2H3. The number of hydrogen-bond acceptors (Lipinski definition) is 5. The van der Waals surface area contributed by atoms with Gasteiger partial charge >= 0.3 is 0 Å². The van der Waals surface area contributed by atoms with Gasteiger partial charge in [-0.15, -0.1) is 6.58 Å². The zero-order chi connectivity index (χ0) is 19.9. The average Bonchev–Trinajstić information content (AvgIpc) is 3.02. The van der Waals surface area contributed by atoms with E-state index in [2.05, 4.69) is 11.6 Å². The molecule has 3 rings (SSSR count). The van der Waals surface area contributed by atoms with E-state index in [1.54, 1.807) is 43.5 Å². The Labute approximate surface area is 168 Å². The van der Waals surface area contributed by atoms with Crippen LogP contribution in [0, 0.1) is 0 Å². The summed E-state index contributed by atoms with van der Waals surface area (Å²) in [6, 6.07) is 16.5. The summed E-state index contributed by atoms with van der Waals surface area (Å²) in [4.78, 5) is 31.1. The van der Waals surface area contributed by atoms with E-state index in [0.29, 0.717) is 28.7 Å². The molecule has 0 saturated heterocycles. The molecule has 0 aromatic heterocycles. The van der Waals surface area contributed by atoms with Crippen molar-refractivity contribution in [1.82, 2.24) is 4.90 Å². The van der Waals surface area contributed by atoms with Crippen molar-refractivity contribution < 1.29 is 14.3 Å². The molecule has 5 nitrogen and oxygen atoms in total. The smallest absolute Gasteiger partial charge is 0.278 e. The van der Waals surface area contributed by atoms with Crippen LogP contribution in [0.5, 0.6) is 5.75 Å². The number of carbonyl (C=O) groups is 2. The van der Waals surface area contributed by atoms with Crippen molar-refractivity contribution in [3.8, 4) is 5.75 Å². The predicted molar refractivity (Wildman–Crippen MR) is 114 cm³/mol. The number of aliphatic imine (C=N–C) groups is 1. The number of ketones is 1. The summed E-state index contributed by atoms with van der Waals surface area (Å²) in [6.07, 6.45) is 3.39. The number of Topliss-reactive ketones (excluding diaryl/α,β-unsaturated/α-hetero) is 1. The molecular formula is C22H20N2O3S. The van der Waals surface area contributed by atoms with Gasteiger partial charge in [-0.25, -0.2) is 4.99 Å². The van der Waals surface area contributed by atoms with Crippen molar-refractivity contribution in [2.24, 2.45) is 4.99 Å². The van der Waals surface area contributed by atoms with Gasteiger partial charge in [0.1, 0.15) is 11.4 Å². The number of thioether (sulfide) groups is 1. The molecular weight excluding hydrogens is 372 g/mol. The van der Waals surface area contributed by atoms with Gasteiger partial charge in [-0.2, -0.15) is 0 Å². The van der Waals surface area contributed by atoms with Crippen molar-refractivity contribution in [1.29, 1.82) is 0 Å². The van der Waals surface area contributed by atoms with E-state index < -0.39 is 0 Å². The summed E-state index contributed by atoms with van der Waals surface area (Å²) in [5.41, 5.74) is 1.84. The molecule has 142 valence electrons. The number of ether oxygens (including phenoxy) is 1. The number of rotatable bonds is 7. The summed E-state index contributed by atoms with van der Waals surface area (Å²) in [7, 11) is 1.58. The highest BCUT2D eigenvalue weighted by atomic mass is 32.2. The predicted octanol–water partition coefficient (Wildman–Crippen LogP) is 4.04. The Bertz CT molecular complexity index is 934. The molecule has 0 unspecified atom stereocenters. The number of methoxy groups -OCH3 is 1. The lowest BCUT2D eigenvalue weighted by Gasteiger charge is -2.15. The van der Waals surface area contributed by atoms with Crippen molar-refractivity contribution in [3.63, 3.8) is 0 Å². The molecule has 1 heterocycles. The van der Waals surface area contributed by atoms with E-state index in [-0.39, 0.29) is 17.4 Å². The Hall–Kier alpha value is -3.12. The zero-order valence-corrected chi connectivity index (χ0v) is 16.3. The van der Waals surface area contributed by atoms with E-state index in [4.69, 9.17) is 4.74 Å². The molecule has 0 aliphatic carbocycles. The van der Waals surface area contributed by atoms with Crippen molar-refractivity contribution >= 4 is 34.7 Å². The summed E-state index contributed by atoms with van der Waals surface area (Å²) in [6.45, 7) is 4.05. The fourth-order valence-electron chi connectivity index (χ4n) is 2.63. The van der Waals surface area contributed by atoms with E-state index in [9.17, 15) is 9.59 Å². The van der Waals surface area contributed by atoms with Gasteiger partial charge in [0.05, 0.1) is 12.9 Å². The molecule has 28 heavy (non-hydrogen) atoms. The van der Waals surface area contributed by atoms with Crippen LogP contribution in [0.2, 0.25) is 0 Å². The second-order valence-electron chi connectivity index (χ2n) is 5.98. The van der Waals surface area contributed by atoms with E-state index in [1.165, 1.54) is 16.7 Å². The van der Waals surface area contributed by atoms with Gasteiger partial charge in [0.15, 0.2) is 11.0 Å². The highest BCUT2D eigenvalue weighted by molar-refractivity contribution is 8.14. The third-order valence-electron chi connectivity index (χ3n) is 4.07. The molecule has 0 saturated carbocycles. The van der Waals surface area contributed by atoms with E-state index in [1.807, 2.05) is 30.3 Å². The van der Waals surface area contributed by atoms with Crippen LogP contribution in [-0.2, 0) is 4.79 Å². The normalized spacial score (nSPS) is 14.9. The maximum Gasteiger partial charge on any atom is 0.278 e. The first-order valence-corrected chi connectivity index (χ1v) is 9.69. The van der Waals surface area contributed by atoms with Gasteiger partial charge < -0.3 is 4.74 Å². The molecule has 1 aliphatic rings. The lowest BCUT2D eigenvalue weighted by atomic mass is 10.1. The van der Waals surface area contributed by atoms with Gasteiger partial charge in [-0.05, 0) is 35.9 Å². The number of benzene rings is 2. The number of amides is 1. The van der Waals surface area contributed by atoms with Gasteiger partial charge in [-0.1, -0.05) is 48.2 Å². The lowest BCUT2D eigenvalue weighted by molar-refractivity contribution is -0.122. The quantitative estimate of drug-likeness (QED) is 0.405. The van der Waals surface area contributed by atoms with Gasteiger partial charge in [-0.3, -0.25) is 14.5 Å². The number of amidine groups is 1. The highest BCUT2D eigenvalue weighted by Gasteiger charge is 2.30. The summed E-state index contributed by atoms with van der Waals surface area (Å²) >= 11 is 1.25. The highest BCUT2D eigenvalue weighted by Crippen LogP contribution is 2.25. The second-order valence-corrected chi connectivity index (χ2v) is 6.92. The minimum Gasteiger partial charge on any atom is -0.497 e. The first kappa shape index (κ1) is 19.6. The van der Waals surface area contributed by atoms with Crippen LogP contribution in [0.3, 0.4) is 0 Å². The largest absolute Gasteiger partial charge is 0.497 e. The number of nitrogens with zero attached hydrogens (tertiary/aromatic N) is 2. The first-order chi connectivity index (χ1) is 13.6. The molecule has 0 fully saturated rings. The Morgan fingerprint density at radius 3 is 2.54 bits per heavy atom. The fraction of sp³-hybridized carbons (Fsp3) is 0.136. The van der Waals surface area contributed by atoms with Gasteiger partial charge in [0.2, 0.25) is 0 Å². The SMILES string of the molecule is C=CCN1C(=O)C(=Cc2ccccc2)N=C1SCC(=O)c1ccc(OC)cc1. The molecule has 2 aromatic carbocycles. The monoisotopic (exact) mass is 392 g/mol. The van der Waals surface area contributed by atoms with Crippen LogP contribution in [-0.4, -0.2) is 41.2 Å². The average molecular weight is 392 g/mol. The summed E-state index contributed by atoms with van der Waals surface area (Å²) < 4.78 is 5.11. The van der Waals surface area contributed by atoms with E-state index >= 15 is 0 Å². The molecule has 1 aliphatic heterocycles. The maximum atomic E-state index is 12.7. The van der Waals surface area contributed by atoms with Crippen LogP contribution in [0.1, 0.15) is 15.9 Å². The van der Waals surface area contributed by atoms with Crippen molar-refractivity contribution in [2.75, 3.05) is 19.4 Å². The third kappa shape index (κ3) is 4.58.